The average molecular weight is 427 g/mol. The molecule has 158 valence electrons. The molecule has 0 spiro atoms. The molecule has 0 unspecified atom stereocenters. The van der Waals surface area contributed by atoms with E-state index in [1.54, 1.807) is 24.3 Å². The quantitative estimate of drug-likeness (QED) is 0.510. The fourth-order valence-electron chi connectivity index (χ4n) is 2.87. The van der Waals surface area contributed by atoms with Crippen molar-refractivity contribution in [1.82, 2.24) is 14.7 Å². The second kappa shape index (κ2) is 9.80. The Kier molecular flexibility index (Phi) is 7.15. The van der Waals surface area contributed by atoms with E-state index in [2.05, 4.69) is 32.1 Å². The molecule has 1 heterocycles. The molecule has 2 N–H and O–H groups in total. The topological polar surface area (TPSA) is 93.2 Å². The summed E-state index contributed by atoms with van der Waals surface area (Å²) in [4.78, 5) is 9.20. The van der Waals surface area contributed by atoms with Gasteiger partial charge in [0, 0.05) is 31.8 Å². The maximum absolute atomic E-state index is 12.2. The lowest BCUT2D eigenvalue weighted by atomic mass is 10.1. The van der Waals surface area contributed by atoms with Crippen LogP contribution in [-0.2, 0) is 21.3 Å². The van der Waals surface area contributed by atoms with Crippen LogP contribution in [0.15, 0.2) is 59.5 Å². The summed E-state index contributed by atoms with van der Waals surface area (Å²) < 4.78 is 31.8. The van der Waals surface area contributed by atoms with Crippen LogP contribution in [-0.4, -0.2) is 38.6 Å². The normalized spacial score (nSPS) is 11.4. The molecule has 30 heavy (non-hydrogen) atoms. The molecule has 0 radical (unpaired) electrons. The summed E-state index contributed by atoms with van der Waals surface area (Å²) in [5.41, 5.74) is 4.03. The lowest BCUT2D eigenvalue weighted by Crippen LogP contribution is -2.27. The fourth-order valence-corrected chi connectivity index (χ4v) is 3.88. The third-order valence-corrected chi connectivity index (χ3v) is 5.97. The van der Waals surface area contributed by atoms with Gasteiger partial charge in [0.05, 0.1) is 17.2 Å². The minimum Gasteiger partial charge on any atom is -0.383 e. The van der Waals surface area contributed by atoms with Crippen molar-refractivity contribution in [2.24, 2.45) is 0 Å². The predicted octanol–water partition coefficient (Wildman–Crippen LogP) is 3.30. The SMILES string of the molecule is COCCNS(=O)(=O)c1ccc(CNc2cc(-c3ccc(C)cc3)nc(C)n2)cc1. The molecular weight excluding hydrogens is 400 g/mol. The molecule has 0 saturated heterocycles. The molecule has 3 rings (SSSR count). The van der Waals surface area contributed by atoms with E-state index in [4.69, 9.17) is 4.74 Å². The number of anilines is 1. The molecule has 0 amide bonds. The Labute approximate surface area is 177 Å². The maximum Gasteiger partial charge on any atom is 0.240 e. The third-order valence-electron chi connectivity index (χ3n) is 4.49. The second-order valence-corrected chi connectivity index (χ2v) is 8.71. The number of hydrogen-bond donors (Lipinski definition) is 2. The summed E-state index contributed by atoms with van der Waals surface area (Å²) in [5, 5.41) is 3.29. The van der Waals surface area contributed by atoms with Crippen LogP contribution in [0.2, 0.25) is 0 Å². The summed E-state index contributed by atoms with van der Waals surface area (Å²) in [7, 11) is -2.01. The zero-order chi connectivity index (χ0) is 21.6. The monoisotopic (exact) mass is 426 g/mol. The number of nitrogens with one attached hydrogen (secondary N) is 2. The van der Waals surface area contributed by atoms with Gasteiger partial charge in [-0.15, -0.1) is 0 Å². The molecule has 0 saturated carbocycles. The predicted molar refractivity (Wildman–Crippen MR) is 118 cm³/mol. The first-order chi connectivity index (χ1) is 14.4. The first-order valence-electron chi connectivity index (χ1n) is 9.61. The lowest BCUT2D eigenvalue weighted by molar-refractivity contribution is 0.204. The zero-order valence-electron chi connectivity index (χ0n) is 17.3. The summed E-state index contributed by atoms with van der Waals surface area (Å²) >= 11 is 0. The Hall–Kier alpha value is -2.81. The molecule has 0 aliphatic rings. The molecule has 0 bridgehead atoms. The van der Waals surface area contributed by atoms with E-state index in [-0.39, 0.29) is 11.4 Å². The number of nitrogens with zero attached hydrogens (tertiary/aromatic N) is 2. The Bertz CT molecular complexity index is 1080. The van der Waals surface area contributed by atoms with Gasteiger partial charge in [0.15, 0.2) is 0 Å². The highest BCUT2D eigenvalue weighted by atomic mass is 32.2. The van der Waals surface area contributed by atoms with Gasteiger partial charge in [0.25, 0.3) is 0 Å². The van der Waals surface area contributed by atoms with E-state index >= 15 is 0 Å². The smallest absolute Gasteiger partial charge is 0.240 e. The number of aromatic nitrogens is 2. The molecule has 7 nitrogen and oxygen atoms in total. The van der Waals surface area contributed by atoms with E-state index in [1.165, 1.54) is 12.7 Å². The molecule has 8 heteroatoms. The van der Waals surface area contributed by atoms with E-state index in [1.807, 2.05) is 32.0 Å². The highest BCUT2D eigenvalue weighted by molar-refractivity contribution is 7.89. The maximum atomic E-state index is 12.2. The number of sulfonamides is 1. The molecule has 3 aromatic rings. The Morgan fingerprint density at radius 1 is 0.967 bits per heavy atom. The lowest BCUT2D eigenvalue weighted by Gasteiger charge is -2.10. The van der Waals surface area contributed by atoms with Gasteiger partial charge >= 0.3 is 0 Å². The van der Waals surface area contributed by atoms with Crippen LogP contribution in [0.1, 0.15) is 17.0 Å². The van der Waals surface area contributed by atoms with Gasteiger partial charge in [-0.2, -0.15) is 0 Å². The third kappa shape index (κ3) is 5.85. The number of rotatable bonds is 9. The molecular formula is C22H26N4O3S. The van der Waals surface area contributed by atoms with Gasteiger partial charge in [-0.25, -0.2) is 23.1 Å². The first-order valence-corrected chi connectivity index (χ1v) is 11.1. The highest BCUT2D eigenvalue weighted by Gasteiger charge is 2.13. The first kappa shape index (κ1) is 21.9. The fraction of sp³-hybridized carbons (Fsp3) is 0.273. The van der Waals surface area contributed by atoms with Crippen molar-refractivity contribution >= 4 is 15.8 Å². The van der Waals surface area contributed by atoms with Crippen LogP contribution in [0.4, 0.5) is 5.82 Å². The molecule has 0 aliphatic carbocycles. The molecule has 0 fully saturated rings. The van der Waals surface area contributed by atoms with Crippen LogP contribution in [0.25, 0.3) is 11.3 Å². The number of benzene rings is 2. The minimum atomic E-state index is -3.53. The standard InChI is InChI=1S/C22H26N4O3S/c1-16-4-8-19(9-5-16)21-14-22(26-17(2)25-21)23-15-18-6-10-20(11-7-18)30(27,28)24-12-13-29-3/h4-11,14,24H,12-13,15H2,1-3H3,(H,23,25,26). The van der Waals surface area contributed by atoms with Crippen LogP contribution >= 0.6 is 0 Å². The van der Waals surface area contributed by atoms with Crippen molar-refractivity contribution in [2.45, 2.75) is 25.3 Å². The van der Waals surface area contributed by atoms with Crippen LogP contribution in [0.3, 0.4) is 0 Å². The Morgan fingerprint density at radius 3 is 2.33 bits per heavy atom. The molecule has 0 aliphatic heterocycles. The number of ether oxygens (including phenoxy) is 1. The summed E-state index contributed by atoms with van der Waals surface area (Å²) in [6.45, 7) is 4.98. The van der Waals surface area contributed by atoms with Gasteiger partial charge in [-0.05, 0) is 31.5 Å². The van der Waals surface area contributed by atoms with Gasteiger partial charge < -0.3 is 10.1 Å². The van der Waals surface area contributed by atoms with E-state index < -0.39 is 10.0 Å². The van der Waals surface area contributed by atoms with Crippen molar-refractivity contribution in [3.8, 4) is 11.3 Å². The van der Waals surface area contributed by atoms with Crippen molar-refractivity contribution in [3.63, 3.8) is 0 Å². The van der Waals surface area contributed by atoms with Crippen LogP contribution < -0.4 is 10.0 Å². The highest BCUT2D eigenvalue weighted by Crippen LogP contribution is 2.21. The zero-order valence-corrected chi connectivity index (χ0v) is 18.2. The summed E-state index contributed by atoms with van der Waals surface area (Å²) in [6, 6.07) is 16.9. The van der Waals surface area contributed by atoms with E-state index in [0.717, 1.165) is 22.6 Å². The number of methoxy groups -OCH3 is 1. The largest absolute Gasteiger partial charge is 0.383 e. The van der Waals surface area contributed by atoms with E-state index in [9.17, 15) is 8.42 Å². The average Bonchev–Trinajstić information content (AvgIpc) is 2.73. The van der Waals surface area contributed by atoms with Crippen LogP contribution in [0.5, 0.6) is 0 Å². The second-order valence-electron chi connectivity index (χ2n) is 6.94. The van der Waals surface area contributed by atoms with Crippen molar-refractivity contribution < 1.29 is 13.2 Å². The number of hydrogen-bond acceptors (Lipinski definition) is 6. The molecule has 2 aromatic carbocycles. The van der Waals surface area contributed by atoms with Gasteiger partial charge in [0.1, 0.15) is 11.6 Å². The Morgan fingerprint density at radius 2 is 1.67 bits per heavy atom. The number of aryl methyl sites for hydroxylation is 2. The van der Waals surface area contributed by atoms with Crippen molar-refractivity contribution in [2.75, 3.05) is 25.6 Å². The van der Waals surface area contributed by atoms with Crippen molar-refractivity contribution in [3.05, 3.63) is 71.5 Å². The van der Waals surface area contributed by atoms with Gasteiger partial charge in [-0.3, -0.25) is 0 Å². The van der Waals surface area contributed by atoms with Crippen molar-refractivity contribution in [1.29, 1.82) is 0 Å². The van der Waals surface area contributed by atoms with E-state index in [0.29, 0.717) is 19.0 Å². The van der Waals surface area contributed by atoms with Gasteiger partial charge in [-0.1, -0.05) is 42.0 Å². The molecule has 0 atom stereocenters. The summed E-state index contributed by atoms with van der Waals surface area (Å²) in [6.07, 6.45) is 0. The van der Waals surface area contributed by atoms with Gasteiger partial charge in [0.2, 0.25) is 10.0 Å². The minimum absolute atomic E-state index is 0.224. The van der Waals surface area contributed by atoms with Crippen LogP contribution in [0, 0.1) is 13.8 Å². The Balaban J connectivity index is 1.67. The molecule has 1 aromatic heterocycles. The summed E-state index contributed by atoms with van der Waals surface area (Å²) in [5.74, 6) is 1.40.